The first-order valence-electron chi connectivity index (χ1n) is 3.97. The second-order valence-corrected chi connectivity index (χ2v) is 3.16. The van der Waals surface area contributed by atoms with Crippen molar-refractivity contribution >= 4 is 22.6 Å². The quantitative estimate of drug-likeness (QED) is 0.653. The fourth-order valence-corrected chi connectivity index (χ4v) is 1.59. The van der Waals surface area contributed by atoms with E-state index < -0.39 is 0 Å². The summed E-state index contributed by atoms with van der Waals surface area (Å²) in [4.78, 5) is 0. The fourth-order valence-electron chi connectivity index (χ4n) is 1.30. The van der Waals surface area contributed by atoms with Gasteiger partial charge in [0.2, 0.25) is 0 Å². The first-order chi connectivity index (χ1) is 5.81. The van der Waals surface area contributed by atoms with E-state index in [9.17, 15) is 0 Å². The number of benzene rings is 1. The van der Waals surface area contributed by atoms with Crippen molar-refractivity contribution < 1.29 is 4.42 Å². The van der Waals surface area contributed by atoms with Gasteiger partial charge in [-0.3, -0.25) is 0 Å². The van der Waals surface area contributed by atoms with Crippen LogP contribution in [0.15, 0.2) is 28.9 Å². The van der Waals surface area contributed by atoms with E-state index in [1.54, 1.807) is 6.26 Å². The van der Waals surface area contributed by atoms with E-state index in [0.717, 1.165) is 22.4 Å². The molecule has 1 aromatic heterocycles. The Morgan fingerprint density at radius 3 is 3.00 bits per heavy atom. The maximum absolute atomic E-state index is 6.00. The number of furan rings is 1. The van der Waals surface area contributed by atoms with Crippen molar-refractivity contribution in [3.8, 4) is 0 Å². The topological polar surface area (TPSA) is 13.1 Å². The molecule has 0 unspecified atom stereocenters. The predicted molar refractivity (Wildman–Crippen MR) is 50.6 cm³/mol. The maximum atomic E-state index is 6.00. The first-order valence-corrected chi connectivity index (χ1v) is 4.34. The van der Waals surface area contributed by atoms with Crippen molar-refractivity contribution in [1.29, 1.82) is 0 Å². The van der Waals surface area contributed by atoms with Gasteiger partial charge in [0.25, 0.3) is 0 Å². The minimum absolute atomic E-state index is 0.792. The minimum Gasteiger partial charge on any atom is -0.464 e. The van der Waals surface area contributed by atoms with Gasteiger partial charge in [-0.05, 0) is 24.1 Å². The second-order valence-electron chi connectivity index (χ2n) is 2.76. The second kappa shape index (κ2) is 2.83. The smallest absolute Gasteiger partial charge is 0.135 e. The minimum atomic E-state index is 0.792. The summed E-state index contributed by atoms with van der Waals surface area (Å²) in [6, 6.07) is 5.89. The van der Waals surface area contributed by atoms with E-state index in [2.05, 4.69) is 13.0 Å². The van der Waals surface area contributed by atoms with Gasteiger partial charge in [0, 0.05) is 16.5 Å². The van der Waals surface area contributed by atoms with Crippen molar-refractivity contribution in [3.05, 3.63) is 35.0 Å². The molecule has 1 nitrogen and oxygen atoms in total. The van der Waals surface area contributed by atoms with Gasteiger partial charge in [-0.2, -0.15) is 0 Å². The van der Waals surface area contributed by atoms with Crippen LogP contribution in [0.1, 0.15) is 12.5 Å². The molecule has 0 radical (unpaired) electrons. The lowest BCUT2D eigenvalue weighted by Gasteiger charge is -1.99. The number of fused-ring (bicyclic) bond motifs is 1. The molecule has 0 N–H and O–H groups in total. The van der Waals surface area contributed by atoms with Gasteiger partial charge >= 0.3 is 0 Å². The van der Waals surface area contributed by atoms with Crippen LogP contribution in [0.5, 0.6) is 0 Å². The normalized spacial score (nSPS) is 10.8. The highest BCUT2D eigenvalue weighted by molar-refractivity contribution is 6.32. The number of halogens is 1. The van der Waals surface area contributed by atoms with Gasteiger partial charge in [-0.25, -0.2) is 0 Å². The van der Waals surface area contributed by atoms with E-state index in [4.69, 9.17) is 16.0 Å². The molecular weight excluding hydrogens is 172 g/mol. The summed E-state index contributed by atoms with van der Waals surface area (Å²) in [6.07, 6.45) is 2.64. The van der Waals surface area contributed by atoms with Crippen LogP contribution in [0.3, 0.4) is 0 Å². The standard InChI is InChI=1S/C10H9ClO/c1-2-7-5-8-3-4-12-10(8)6-9(7)11/h3-6H,2H2,1H3. The van der Waals surface area contributed by atoms with Gasteiger partial charge in [-0.15, -0.1) is 0 Å². The third-order valence-corrected chi connectivity index (χ3v) is 2.35. The molecule has 2 heteroatoms. The first kappa shape index (κ1) is 7.69. The summed E-state index contributed by atoms with van der Waals surface area (Å²) in [5, 5.41) is 1.91. The Labute approximate surface area is 75.9 Å². The number of hydrogen-bond donors (Lipinski definition) is 0. The number of rotatable bonds is 1. The molecule has 0 saturated carbocycles. The highest BCUT2D eigenvalue weighted by Gasteiger charge is 2.02. The molecule has 0 atom stereocenters. The van der Waals surface area contributed by atoms with Crippen molar-refractivity contribution in [2.45, 2.75) is 13.3 Å². The predicted octanol–water partition coefficient (Wildman–Crippen LogP) is 3.65. The largest absolute Gasteiger partial charge is 0.464 e. The lowest BCUT2D eigenvalue weighted by Crippen LogP contribution is -1.80. The monoisotopic (exact) mass is 180 g/mol. The molecule has 12 heavy (non-hydrogen) atoms. The number of hydrogen-bond acceptors (Lipinski definition) is 1. The van der Waals surface area contributed by atoms with Gasteiger partial charge in [-0.1, -0.05) is 18.5 Å². The Morgan fingerprint density at radius 2 is 2.25 bits per heavy atom. The van der Waals surface area contributed by atoms with Crippen LogP contribution >= 0.6 is 11.6 Å². The van der Waals surface area contributed by atoms with Gasteiger partial charge in [0.05, 0.1) is 6.26 Å². The maximum Gasteiger partial charge on any atom is 0.135 e. The van der Waals surface area contributed by atoms with Crippen LogP contribution in [0.25, 0.3) is 11.0 Å². The molecule has 0 saturated heterocycles. The molecule has 0 amide bonds. The Balaban J connectivity index is 2.73. The molecule has 2 rings (SSSR count). The van der Waals surface area contributed by atoms with Crippen LogP contribution in [0.4, 0.5) is 0 Å². The van der Waals surface area contributed by atoms with E-state index in [0.29, 0.717) is 0 Å². The molecule has 0 aliphatic carbocycles. The highest BCUT2D eigenvalue weighted by Crippen LogP contribution is 2.24. The van der Waals surface area contributed by atoms with Gasteiger partial charge in [0.1, 0.15) is 5.58 Å². The lowest BCUT2D eigenvalue weighted by molar-refractivity contribution is 0.616. The summed E-state index contributed by atoms with van der Waals surface area (Å²) in [5.74, 6) is 0. The zero-order valence-corrected chi connectivity index (χ0v) is 7.56. The molecule has 0 bridgehead atoms. The number of aryl methyl sites for hydroxylation is 1. The third kappa shape index (κ3) is 1.10. The van der Waals surface area contributed by atoms with Crippen molar-refractivity contribution in [2.75, 3.05) is 0 Å². The molecule has 1 aromatic carbocycles. The van der Waals surface area contributed by atoms with Gasteiger partial charge in [0.15, 0.2) is 0 Å². The molecule has 0 aliphatic heterocycles. The van der Waals surface area contributed by atoms with E-state index in [1.165, 1.54) is 5.56 Å². The lowest BCUT2D eigenvalue weighted by atomic mass is 10.1. The van der Waals surface area contributed by atoms with Crippen LogP contribution in [0, 0.1) is 0 Å². The molecule has 0 spiro atoms. The highest BCUT2D eigenvalue weighted by atomic mass is 35.5. The van der Waals surface area contributed by atoms with E-state index in [-0.39, 0.29) is 0 Å². The average Bonchev–Trinajstić information content (AvgIpc) is 2.49. The Morgan fingerprint density at radius 1 is 1.42 bits per heavy atom. The summed E-state index contributed by atoms with van der Waals surface area (Å²) in [7, 11) is 0. The molecule has 0 fully saturated rings. The van der Waals surface area contributed by atoms with Crippen molar-refractivity contribution in [2.24, 2.45) is 0 Å². The molecule has 2 aromatic rings. The molecule has 62 valence electrons. The van der Waals surface area contributed by atoms with Crippen LogP contribution < -0.4 is 0 Å². The van der Waals surface area contributed by atoms with Gasteiger partial charge < -0.3 is 4.42 Å². The third-order valence-electron chi connectivity index (χ3n) is 2.00. The summed E-state index contributed by atoms with van der Waals surface area (Å²) in [5.41, 5.74) is 2.03. The summed E-state index contributed by atoms with van der Waals surface area (Å²) >= 11 is 6.00. The zero-order valence-electron chi connectivity index (χ0n) is 6.80. The van der Waals surface area contributed by atoms with Crippen molar-refractivity contribution in [1.82, 2.24) is 0 Å². The van der Waals surface area contributed by atoms with Crippen LogP contribution in [-0.4, -0.2) is 0 Å². The average molecular weight is 181 g/mol. The Bertz CT molecular complexity index is 403. The Kier molecular flexibility index (Phi) is 1.81. The SMILES string of the molecule is CCc1cc2ccoc2cc1Cl. The molecule has 0 aliphatic rings. The summed E-state index contributed by atoms with van der Waals surface area (Å²) in [6.45, 7) is 2.09. The van der Waals surface area contributed by atoms with Crippen LogP contribution in [0.2, 0.25) is 5.02 Å². The Hall–Kier alpha value is -0.950. The zero-order chi connectivity index (χ0) is 8.55. The fraction of sp³-hybridized carbons (Fsp3) is 0.200. The van der Waals surface area contributed by atoms with Crippen LogP contribution in [-0.2, 0) is 6.42 Å². The van der Waals surface area contributed by atoms with E-state index >= 15 is 0 Å². The summed E-state index contributed by atoms with van der Waals surface area (Å²) < 4.78 is 5.21. The van der Waals surface area contributed by atoms with Crippen molar-refractivity contribution in [3.63, 3.8) is 0 Å². The molecular formula is C10H9ClO. The van der Waals surface area contributed by atoms with E-state index in [1.807, 2.05) is 12.1 Å². The molecule has 1 heterocycles.